The largest absolute Gasteiger partial charge is 0.494 e. The molecule has 0 aromatic carbocycles. The molecule has 0 amide bonds. The van der Waals surface area contributed by atoms with Gasteiger partial charge in [0.15, 0.2) is 5.88 Å². The number of allylic oxidation sites excluding steroid dienone is 2. The minimum atomic E-state index is -0.0417. The lowest BCUT2D eigenvalue weighted by Gasteiger charge is -1.93. The number of hydrogen-bond acceptors (Lipinski definition) is 3. The molecular weight excluding hydrogens is 122 g/mol. The maximum Gasteiger partial charge on any atom is 0.191 e. The minimum Gasteiger partial charge on any atom is -0.494 e. The maximum atomic E-state index is 8.65. The van der Waals surface area contributed by atoms with E-state index in [0.717, 1.165) is 11.3 Å². The SMILES string of the molecule is N/C(O)=C1\CC=CS1. The Hall–Kier alpha value is -0.570. The standard InChI is InChI=1S/C5H7NOS/c6-5(7)4-2-1-3-8-4/h1,3,7H,2,6H2/b5-4-. The Kier molecular flexibility index (Phi) is 1.48. The van der Waals surface area contributed by atoms with Gasteiger partial charge in [-0.3, -0.25) is 0 Å². The lowest BCUT2D eigenvalue weighted by atomic mass is 10.4. The average molecular weight is 129 g/mol. The summed E-state index contributed by atoms with van der Waals surface area (Å²) in [4.78, 5) is 0.852. The van der Waals surface area contributed by atoms with Crippen molar-refractivity contribution in [1.82, 2.24) is 0 Å². The predicted molar refractivity (Wildman–Crippen MR) is 35.2 cm³/mol. The third-order valence-corrected chi connectivity index (χ3v) is 1.88. The zero-order valence-corrected chi connectivity index (χ0v) is 5.11. The molecule has 0 bridgehead atoms. The molecule has 0 spiro atoms. The normalized spacial score (nSPS) is 24.0. The second kappa shape index (κ2) is 2.13. The van der Waals surface area contributed by atoms with Crippen molar-refractivity contribution in [3.63, 3.8) is 0 Å². The van der Waals surface area contributed by atoms with Crippen LogP contribution in [0.3, 0.4) is 0 Å². The lowest BCUT2D eigenvalue weighted by Crippen LogP contribution is -1.96. The van der Waals surface area contributed by atoms with Gasteiger partial charge in [-0.15, -0.1) is 0 Å². The van der Waals surface area contributed by atoms with Gasteiger partial charge >= 0.3 is 0 Å². The Labute approximate surface area is 52.1 Å². The summed E-state index contributed by atoms with van der Waals surface area (Å²) < 4.78 is 0. The summed E-state index contributed by atoms with van der Waals surface area (Å²) in [6.07, 6.45) is 2.75. The Morgan fingerprint density at radius 3 is 2.88 bits per heavy atom. The molecule has 1 aliphatic heterocycles. The number of aliphatic hydroxyl groups is 1. The quantitative estimate of drug-likeness (QED) is 0.485. The van der Waals surface area contributed by atoms with E-state index in [1.807, 2.05) is 11.5 Å². The summed E-state index contributed by atoms with van der Waals surface area (Å²) in [5, 5.41) is 10.6. The molecule has 0 aromatic heterocycles. The fraction of sp³-hybridized carbons (Fsp3) is 0.200. The molecule has 2 nitrogen and oxygen atoms in total. The topological polar surface area (TPSA) is 46.2 Å². The first-order chi connectivity index (χ1) is 3.80. The van der Waals surface area contributed by atoms with Crippen LogP contribution in [0.25, 0.3) is 0 Å². The van der Waals surface area contributed by atoms with Crippen molar-refractivity contribution in [3.05, 3.63) is 22.3 Å². The molecule has 0 unspecified atom stereocenters. The average Bonchev–Trinajstić information content (AvgIpc) is 2.12. The van der Waals surface area contributed by atoms with Crippen LogP contribution >= 0.6 is 11.8 Å². The number of rotatable bonds is 0. The number of hydrogen-bond donors (Lipinski definition) is 2. The van der Waals surface area contributed by atoms with Crippen molar-refractivity contribution < 1.29 is 5.11 Å². The molecule has 3 N–H and O–H groups in total. The monoisotopic (exact) mass is 129 g/mol. The van der Waals surface area contributed by atoms with Crippen molar-refractivity contribution in [2.45, 2.75) is 6.42 Å². The fourth-order valence-electron chi connectivity index (χ4n) is 0.498. The molecular formula is C5H7NOS. The smallest absolute Gasteiger partial charge is 0.191 e. The number of nitrogens with two attached hydrogens (primary N) is 1. The second-order valence-corrected chi connectivity index (χ2v) is 2.50. The first-order valence-electron chi connectivity index (χ1n) is 2.30. The summed E-state index contributed by atoms with van der Waals surface area (Å²) in [6, 6.07) is 0. The van der Waals surface area contributed by atoms with Crippen LogP contribution in [0.1, 0.15) is 6.42 Å². The van der Waals surface area contributed by atoms with E-state index in [1.54, 1.807) is 0 Å². The zero-order valence-electron chi connectivity index (χ0n) is 4.29. The third-order valence-electron chi connectivity index (χ3n) is 0.895. The van der Waals surface area contributed by atoms with E-state index in [-0.39, 0.29) is 5.88 Å². The highest BCUT2D eigenvalue weighted by Gasteiger charge is 2.03. The summed E-state index contributed by atoms with van der Waals surface area (Å²) in [6.45, 7) is 0. The first-order valence-corrected chi connectivity index (χ1v) is 3.18. The first kappa shape index (κ1) is 5.56. The summed E-state index contributed by atoms with van der Waals surface area (Å²) in [7, 11) is 0. The number of aliphatic hydroxyl groups excluding tert-OH is 1. The van der Waals surface area contributed by atoms with Crippen LogP contribution < -0.4 is 5.73 Å². The molecule has 44 valence electrons. The summed E-state index contributed by atoms with van der Waals surface area (Å²) in [5.74, 6) is -0.0417. The van der Waals surface area contributed by atoms with E-state index in [1.165, 1.54) is 11.8 Å². The van der Waals surface area contributed by atoms with E-state index in [4.69, 9.17) is 10.8 Å². The van der Waals surface area contributed by atoms with Gasteiger partial charge in [0.1, 0.15) is 0 Å². The highest BCUT2D eigenvalue weighted by Crippen LogP contribution is 2.28. The molecule has 0 atom stereocenters. The highest BCUT2D eigenvalue weighted by atomic mass is 32.2. The predicted octanol–water partition coefficient (Wildman–Crippen LogP) is 1.32. The highest BCUT2D eigenvalue weighted by molar-refractivity contribution is 8.06. The van der Waals surface area contributed by atoms with Gasteiger partial charge in [-0.25, -0.2) is 0 Å². The van der Waals surface area contributed by atoms with Crippen LogP contribution in [-0.2, 0) is 0 Å². The van der Waals surface area contributed by atoms with Crippen LogP contribution in [-0.4, -0.2) is 5.11 Å². The Morgan fingerprint density at radius 2 is 2.62 bits per heavy atom. The van der Waals surface area contributed by atoms with Gasteiger partial charge in [0.25, 0.3) is 0 Å². The van der Waals surface area contributed by atoms with Gasteiger partial charge in [0.05, 0.1) is 4.91 Å². The van der Waals surface area contributed by atoms with Crippen molar-refractivity contribution in [2.75, 3.05) is 0 Å². The molecule has 0 saturated heterocycles. The van der Waals surface area contributed by atoms with Crippen molar-refractivity contribution >= 4 is 11.8 Å². The van der Waals surface area contributed by atoms with Crippen molar-refractivity contribution in [1.29, 1.82) is 0 Å². The molecule has 0 aliphatic carbocycles. The van der Waals surface area contributed by atoms with E-state index < -0.39 is 0 Å². The third kappa shape index (κ3) is 0.980. The molecule has 3 heteroatoms. The minimum absolute atomic E-state index is 0.0417. The van der Waals surface area contributed by atoms with Gasteiger partial charge < -0.3 is 10.8 Å². The van der Waals surface area contributed by atoms with Crippen LogP contribution in [0.15, 0.2) is 22.3 Å². The van der Waals surface area contributed by atoms with E-state index in [0.29, 0.717) is 0 Å². The van der Waals surface area contributed by atoms with E-state index >= 15 is 0 Å². The van der Waals surface area contributed by atoms with Crippen LogP contribution in [0.4, 0.5) is 0 Å². The van der Waals surface area contributed by atoms with E-state index in [9.17, 15) is 0 Å². The summed E-state index contributed by atoms with van der Waals surface area (Å²) in [5.41, 5.74) is 5.07. The fourth-order valence-corrected chi connectivity index (χ4v) is 1.17. The Balaban J connectivity index is 2.64. The lowest BCUT2D eigenvalue weighted by molar-refractivity contribution is 0.402. The van der Waals surface area contributed by atoms with Gasteiger partial charge in [0, 0.05) is 6.42 Å². The zero-order chi connectivity index (χ0) is 5.98. The van der Waals surface area contributed by atoms with Crippen LogP contribution in [0.2, 0.25) is 0 Å². The van der Waals surface area contributed by atoms with Crippen LogP contribution in [0.5, 0.6) is 0 Å². The van der Waals surface area contributed by atoms with Crippen molar-refractivity contribution in [3.8, 4) is 0 Å². The van der Waals surface area contributed by atoms with Crippen molar-refractivity contribution in [2.24, 2.45) is 5.73 Å². The van der Waals surface area contributed by atoms with E-state index in [2.05, 4.69) is 0 Å². The Bertz CT molecular complexity index is 137. The molecule has 0 radical (unpaired) electrons. The molecule has 8 heavy (non-hydrogen) atoms. The molecule has 0 saturated carbocycles. The Morgan fingerprint density at radius 1 is 1.88 bits per heavy atom. The molecule has 1 heterocycles. The van der Waals surface area contributed by atoms with Crippen LogP contribution in [0, 0.1) is 0 Å². The summed E-state index contributed by atoms with van der Waals surface area (Å²) >= 11 is 1.47. The molecule has 1 rings (SSSR count). The van der Waals surface area contributed by atoms with Gasteiger partial charge in [-0.2, -0.15) is 0 Å². The van der Waals surface area contributed by atoms with Gasteiger partial charge in [-0.05, 0) is 5.41 Å². The van der Waals surface area contributed by atoms with Gasteiger partial charge in [-0.1, -0.05) is 17.8 Å². The molecule has 1 aliphatic rings. The molecule has 0 fully saturated rings. The second-order valence-electron chi connectivity index (χ2n) is 1.50. The molecule has 0 aromatic rings. The maximum absolute atomic E-state index is 8.65. The number of thioether (sulfide) groups is 1. The van der Waals surface area contributed by atoms with Gasteiger partial charge in [0.2, 0.25) is 0 Å².